The Labute approximate surface area is 85.8 Å². The van der Waals surface area contributed by atoms with Crippen molar-refractivity contribution in [3.05, 3.63) is 39.7 Å². The largest absolute Gasteiger partial charge is 0.294 e. The monoisotopic (exact) mass is 214 g/mol. The van der Waals surface area contributed by atoms with Crippen LogP contribution in [0.15, 0.2) is 18.2 Å². The summed E-state index contributed by atoms with van der Waals surface area (Å²) < 4.78 is 13.4. The molecule has 0 heterocycles. The lowest BCUT2D eigenvalue weighted by Gasteiger charge is -2.22. The van der Waals surface area contributed by atoms with E-state index in [1.54, 1.807) is 0 Å². The fourth-order valence-corrected chi connectivity index (χ4v) is 1.15. The summed E-state index contributed by atoms with van der Waals surface area (Å²) in [4.78, 5) is 14.5. The zero-order valence-electron chi connectivity index (χ0n) is 8.36. The van der Waals surface area contributed by atoms with Crippen molar-refractivity contribution < 1.29 is 14.2 Å². The predicted octanol–water partition coefficient (Wildman–Crippen LogP) is 1.86. The summed E-state index contributed by atoms with van der Waals surface area (Å²) in [5.74, 6) is 4.41. The molecule has 0 saturated heterocycles. The summed E-state index contributed by atoms with van der Waals surface area (Å²) in [6.45, 7) is 3.05. The summed E-state index contributed by atoms with van der Waals surface area (Å²) >= 11 is 0. The molecule has 0 atom stereocenters. The normalized spacial score (nSPS) is 11.5. The predicted molar refractivity (Wildman–Crippen MR) is 51.4 cm³/mol. The van der Waals surface area contributed by atoms with Gasteiger partial charge in [-0.25, -0.2) is 10.3 Å². The quantitative estimate of drug-likeness (QED) is 0.615. The fraction of sp³-hybridized carbons (Fsp3) is 0.333. The van der Waals surface area contributed by atoms with E-state index in [1.807, 2.05) is 0 Å². The van der Waals surface area contributed by atoms with Gasteiger partial charge in [0.1, 0.15) is 11.4 Å². The second-order valence-electron chi connectivity index (χ2n) is 3.55. The van der Waals surface area contributed by atoms with Gasteiger partial charge in [-0.2, -0.15) is 0 Å². The van der Waals surface area contributed by atoms with Crippen molar-refractivity contribution in [3.63, 3.8) is 0 Å². The summed E-state index contributed by atoms with van der Waals surface area (Å²) in [7, 11) is 0. The maximum Gasteiger partial charge on any atom is 0.270 e. The van der Waals surface area contributed by atoms with E-state index in [-0.39, 0.29) is 11.3 Å². The van der Waals surface area contributed by atoms with Crippen LogP contribution in [0.4, 0.5) is 10.1 Å². The van der Waals surface area contributed by atoms with Crippen LogP contribution in [-0.2, 0) is 10.4 Å². The molecule has 82 valence electrons. The number of halogens is 1. The van der Waals surface area contributed by atoms with Crippen molar-refractivity contribution in [3.8, 4) is 0 Å². The number of rotatable bonds is 3. The Balaban J connectivity index is 3.28. The number of non-ortho nitro benzene ring substituents is 1. The van der Waals surface area contributed by atoms with Gasteiger partial charge in [0.2, 0.25) is 0 Å². The van der Waals surface area contributed by atoms with Crippen LogP contribution in [0.2, 0.25) is 0 Å². The van der Waals surface area contributed by atoms with Gasteiger partial charge in [-0.1, -0.05) is 0 Å². The SMILES string of the molecule is CC(C)(ON)c1cc([N+](=O)[O-])ccc1F. The minimum atomic E-state index is -1.10. The molecule has 0 bridgehead atoms. The van der Waals surface area contributed by atoms with Crippen LogP contribution >= 0.6 is 0 Å². The second kappa shape index (κ2) is 3.92. The molecule has 15 heavy (non-hydrogen) atoms. The van der Waals surface area contributed by atoms with Crippen LogP contribution < -0.4 is 5.90 Å². The molecule has 0 amide bonds. The highest BCUT2D eigenvalue weighted by Crippen LogP contribution is 2.28. The maximum atomic E-state index is 13.4. The summed E-state index contributed by atoms with van der Waals surface area (Å²) in [5, 5.41) is 10.5. The van der Waals surface area contributed by atoms with Gasteiger partial charge >= 0.3 is 0 Å². The van der Waals surface area contributed by atoms with E-state index >= 15 is 0 Å². The van der Waals surface area contributed by atoms with E-state index in [1.165, 1.54) is 13.8 Å². The average Bonchev–Trinajstić information content (AvgIpc) is 2.17. The molecule has 0 aliphatic heterocycles. The van der Waals surface area contributed by atoms with Gasteiger partial charge in [-0.05, 0) is 19.9 Å². The van der Waals surface area contributed by atoms with Crippen molar-refractivity contribution in [2.45, 2.75) is 19.4 Å². The Morgan fingerprint density at radius 1 is 1.53 bits per heavy atom. The van der Waals surface area contributed by atoms with E-state index < -0.39 is 16.3 Å². The molecule has 0 spiro atoms. The molecule has 6 heteroatoms. The second-order valence-corrected chi connectivity index (χ2v) is 3.55. The Hall–Kier alpha value is -1.53. The average molecular weight is 214 g/mol. The lowest BCUT2D eigenvalue weighted by Crippen LogP contribution is -2.26. The first-order valence-electron chi connectivity index (χ1n) is 4.21. The third-order valence-corrected chi connectivity index (χ3v) is 2.10. The number of hydrogen-bond donors (Lipinski definition) is 1. The van der Waals surface area contributed by atoms with Gasteiger partial charge in [0, 0.05) is 17.7 Å². The van der Waals surface area contributed by atoms with Crippen LogP contribution in [0.1, 0.15) is 19.4 Å². The molecule has 0 aromatic heterocycles. The maximum absolute atomic E-state index is 13.4. The molecule has 2 N–H and O–H groups in total. The number of hydrogen-bond acceptors (Lipinski definition) is 4. The van der Waals surface area contributed by atoms with Gasteiger partial charge in [-0.15, -0.1) is 0 Å². The molecule has 0 aliphatic carbocycles. The molecule has 1 rings (SSSR count). The molecule has 1 aromatic rings. The highest BCUT2D eigenvalue weighted by atomic mass is 19.1. The van der Waals surface area contributed by atoms with Crippen LogP contribution in [0.3, 0.4) is 0 Å². The number of nitro benzene ring substituents is 1. The van der Waals surface area contributed by atoms with Crippen LogP contribution in [0, 0.1) is 15.9 Å². The topological polar surface area (TPSA) is 78.4 Å². The summed E-state index contributed by atoms with van der Waals surface area (Å²) in [5.41, 5.74) is -1.24. The Bertz CT molecular complexity index is 393. The minimum Gasteiger partial charge on any atom is -0.294 e. The highest BCUT2D eigenvalue weighted by molar-refractivity contribution is 5.37. The van der Waals surface area contributed by atoms with Crippen LogP contribution in [0.5, 0.6) is 0 Å². The van der Waals surface area contributed by atoms with Crippen molar-refractivity contribution in [2.75, 3.05) is 0 Å². The van der Waals surface area contributed by atoms with Gasteiger partial charge in [0.05, 0.1) is 4.92 Å². The number of benzene rings is 1. The number of nitro groups is 1. The van der Waals surface area contributed by atoms with Crippen molar-refractivity contribution in [1.82, 2.24) is 0 Å². The van der Waals surface area contributed by atoms with E-state index in [0.29, 0.717) is 0 Å². The number of nitrogens with two attached hydrogens (primary N) is 1. The zero-order chi connectivity index (χ0) is 11.6. The first-order chi connectivity index (χ1) is 6.88. The smallest absolute Gasteiger partial charge is 0.270 e. The summed E-state index contributed by atoms with van der Waals surface area (Å²) in [6.07, 6.45) is 0. The van der Waals surface area contributed by atoms with E-state index in [9.17, 15) is 14.5 Å². The Kier molecular flexibility index (Phi) is 3.01. The molecule has 5 nitrogen and oxygen atoms in total. The van der Waals surface area contributed by atoms with Crippen molar-refractivity contribution in [1.29, 1.82) is 0 Å². The molecule has 1 aromatic carbocycles. The first-order valence-corrected chi connectivity index (χ1v) is 4.21. The Morgan fingerprint density at radius 2 is 2.13 bits per heavy atom. The van der Waals surface area contributed by atoms with Crippen molar-refractivity contribution in [2.24, 2.45) is 5.90 Å². The third-order valence-electron chi connectivity index (χ3n) is 2.10. The van der Waals surface area contributed by atoms with Gasteiger partial charge in [0.15, 0.2) is 0 Å². The molecule has 0 saturated carbocycles. The Morgan fingerprint density at radius 3 is 2.60 bits per heavy atom. The molecule has 0 radical (unpaired) electrons. The number of nitrogens with zero attached hydrogens (tertiary/aromatic N) is 1. The molecule has 0 aliphatic rings. The van der Waals surface area contributed by atoms with Crippen LogP contribution in [0.25, 0.3) is 0 Å². The van der Waals surface area contributed by atoms with Gasteiger partial charge in [0.25, 0.3) is 5.69 Å². The van der Waals surface area contributed by atoms with Gasteiger partial charge < -0.3 is 0 Å². The molecular formula is C9H11FN2O3. The lowest BCUT2D eigenvalue weighted by molar-refractivity contribution is -0.385. The lowest BCUT2D eigenvalue weighted by atomic mass is 9.97. The van der Waals surface area contributed by atoms with Crippen LogP contribution in [-0.4, -0.2) is 4.92 Å². The zero-order valence-corrected chi connectivity index (χ0v) is 8.36. The molecular weight excluding hydrogens is 203 g/mol. The first kappa shape index (κ1) is 11.5. The fourth-order valence-electron chi connectivity index (χ4n) is 1.15. The highest BCUT2D eigenvalue weighted by Gasteiger charge is 2.26. The van der Waals surface area contributed by atoms with E-state index in [2.05, 4.69) is 4.84 Å². The van der Waals surface area contributed by atoms with Crippen molar-refractivity contribution >= 4 is 5.69 Å². The standard InChI is InChI=1S/C9H11FN2O3/c1-9(2,15-11)7-5-6(12(13)14)3-4-8(7)10/h3-5H,11H2,1-2H3. The molecule has 0 fully saturated rings. The third kappa shape index (κ3) is 2.28. The van der Waals surface area contributed by atoms with E-state index in [0.717, 1.165) is 18.2 Å². The molecule has 0 unspecified atom stereocenters. The van der Waals surface area contributed by atoms with Gasteiger partial charge in [-0.3, -0.25) is 15.0 Å². The summed E-state index contributed by atoms with van der Waals surface area (Å²) in [6, 6.07) is 3.22. The van der Waals surface area contributed by atoms with E-state index in [4.69, 9.17) is 5.90 Å². The minimum absolute atomic E-state index is 0.0548.